The summed E-state index contributed by atoms with van der Waals surface area (Å²) >= 11 is 6.03. The number of rotatable bonds is 6. The molecule has 1 N–H and O–H groups in total. The number of nitrogens with one attached hydrogen (secondary N) is 1. The van der Waals surface area contributed by atoms with Crippen molar-refractivity contribution < 1.29 is 8.42 Å². The number of aryl methyl sites for hydroxylation is 1. The van der Waals surface area contributed by atoms with Crippen LogP contribution < -0.4 is 4.72 Å². The summed E-state index contributed by atoms with van der Waals surface area (Å²) in [6, 6.07) is 14.5. The molecular weight excluding hydrogens is 332 g/mol. The maximum atomic E-state index is 12.5. The highest BCUT2D eigenvalue weighted by Crippen LogP contribution is 2.21. The molecule has 2 aromatic carbocycles. The van der Waals surface area contributed by atoms with Crippen LogP contribution in [0.25, 0.3) is 0 Å². The van der Waals surface area contributed by atoms with E-state index in [0.29, 0.717) is 5.02 Å². The van der Waals surface area contributed by atoms with Crippen LogP contribution in [-0.4, -0.2) is 34.0 Å². The van der Waals surface area contributed by atoms with Crippen molar-refractivity contribution in [1.82, 2.24) is 9.62 Å². The molecule has 0 aromatic heterocycles. The first-order valence-electron chi connectivity index (χ1n) is 7.28. The van der Waals surface area contributed by atoms with Crippen molar-refractivity contribution in [1.29, 1.82) is 0 Å². The molecule has 0 aliphatic heterocycles. The second-order valence-corrected chi connectivity index (χ2v) is 7.83. The molecule has 0 saturated heterocycles. The van der Waals surface area contributed by atoms with Crippen LogP contribution in [0, 0.1) is 6.92 Å². The number of benzene rings is 2. The summed E-state index contributed by atoms with van der Waals surface area (Å²) in [7, 11) is 0.253. The van der Waals surface area contributed by atoms with Gasteiger partial charge in [0.15, 0.2) is 0 Å². The Kier molecular flexibility index (Phi) is 5.81. The van der Waals surface area contributed by atoms with E-state index in [1.54, 1.807) is 12.1 Å². The lowest BCUT2D eigenvalue weighted by Crippen LogP contribution is -2.34. The minimum atomic E-state index is -3.60. The first-order chi connectivity index (χ1) is 10.8. The Bertz CT molecular complexity index is 761. The Balaban J connectivity index is 2.18. The van der Waals surface area contributed by atoms with E-state index in [1.165, 1.54) is 6.07 Å². The highest BCUT2D eigenvalue weighted by molar-refractivity contribution is 7.89. The van der Waals surface area contributed by atoms with Crippen LogP contribution in [0.15, 0.2) is 53.4 Å². The van der Waals surface area contributed by atoms with Gasteiger partial charge in [0, 0.05) is 17.6 Å². The van der Waals surface area contributed by atoms with Crippen molar-refractivity contribution in [2.75, 3.05) is 20.6 Å². The quantitative estimate of drug-likeness (QED) is 0.868. The normalized spacial score (nSPS) is 13.3. The van der Waals surface area contributed by atoms with Crippen molar-refractivity contribution in [2.24, 2.45) is 0 Å². The van der Waals surface area contributed by atoms with Crippen LogP contribution in [0.1, 0.15) is 17.2 Å². The molecule has 6 heteroatoms. The van der Waals surface area contributed by atoms with Crippen LogP contribution in [0.3, 0.4) is 0 Å². The Labute approximate surface area is 143 Å². The van der Waals surface area contributed by atoms with Gasteiger partial charge in [0.05, 0.1) is 4.90 Å². The van der Waals surface area contributed by atoms with Crippen LogP contribution in [0.4, 0.5) is 0 Å². The zero-order valence-electron chi connectivity index (χ0n) is 13.5. The summed E-state index contributed by atoms with van der Waals surface area (Å²) in [4.78, 5) is 2.17. The lowest BCUT2D eigenvalue weighted by Gasteiger charge is -2.25. The maximum absolute atomic E-state index is 12.5. The average molecular weight is 353 g/mol. The third-order valence-corrected chi connectivity index (χ3v) is 5.56. The smallest absolute Gasteiger partial charge is 0.240 e. The van der Waals surface area contributed by atoms with Gasteiger partial charge < -0.3 is 4.90 Å². The zero-order valence-corrected chi connectivity index (χ0v) is 15.0. The molecule has 0 bridgehead atoms. The molecule has 124 valence electrons. The van der Waals surface area contributed by atoms with Crippen molar-refractivity contribution in [2.45, 2.75) is 17.9 Å². The fourth-order valence-electron chi connectivity index (χ4n) is 2.29. The summed E-state index contributed by atoms with van der Waals surface area (Å²) in [5.41, 5.74) is 1.91. The van der Waals surface area contributed by atoms with Gasteiger partial charge >= 0.3 is 0 Å². The van der Waals surface area contributed by atoms with Gasteiger partial charge in [-0.15, -0.1) is 0 Å². The third kappa shape index (κ3) is 4.54. The molecule has 0 saturated carbocycles. The molecule has 0 aliphatic rings. The van der Waals surface area contributed by atoms with E-state index in [-0.39, 0.29) is 17.5 Å². The molecule has 2 aromatic rings. The molecule has 0 spiro atoms. The van der Waals surface area contributed by atoms with Crippen molar-refractivity contribution in [3.63, 3.8) is 0 Å². The second kappa shape index (κ2) is 7.45. The third-order valence-electron chi connectivity index (χ3n) is 3.73. The highest BCUT2D eigenvalue weighted by atomic mass is 35.5. The van der Waals surface area contributed by atoms with Gasteiger partial charge in [-0.1, -0.05) is 48.0 Å². The van der Waals surface area contributed by atoms with Gasteiger partial charge in [-0.2, -0.15) is 0 Å². The number of nitrogens with zero attached hydrogens (tertiary/aromatic N) is 1. The van der Waals surface area contributed by atoms with Crippen LogP contribution in [0.2, 0.25) is 5.02 Å². The van der Waals surface area contributed by atoms with Gasteiger partial charge in [0.1, 0.15) is 0 Å². The molecule has 0 aliphatic carbocycles. The van der Waals surface area contributed by atoms with E-state index in [2.05, 4.69) is 4.72 Å². The lowest BCUT2D eigenvalue weighted by molar-refractivity contribution is 0.299. The fraction of sp³-hybridized carbons (Fsp3) is 0.294. The number of likely N-dealkylation sites (N-methyl/N-ethyl adjacent to an activating group) is 1. The minimum Gasteiger partial charge on any atom is -0.301 e. The SMILES string of the molecule is Cc1ccc(S(=O)(=O)NCC(c2ccccc2)N(C)C)cc1Cl. The predicted molar refractivity (Wildman–Crippen MR) is 94.2 cm³/mol. The summed E-state index contributed by atoms with van der Waals surface area (Å²) < 4.78 is 27.6. The predicted octanol–water partition coefficient (Wildman–Crippen LogP) is 3.23. The number of halogens is 1. The lowest BCUT2D eigenvalue weighted by atomic mass is 10.1. The molecule has 0 fully saturated rings. The Morgan fingerprint density at radius 3 is 2.35 bits per heavy atom. The number of hydrogen-bond acceptors (Lipinski definition) is 3. The summed E-state index contributed by atoms with van der Waals surface area (Å²) in [6.07, 6.45) is 0. The largest absolute Gasteiger partial charge is 0.301 e. The van der Waals surface area contributed by atoms with Crippen LogP contribution >= 0.6 is 11.6 Å². The van der Waals surface area contributed by atoms with Crippen LogP contribution in [-0.2, 0) is 10.0 Å². The Morgan fingerprint density at radius 2 is 1.78 bits per heavy atom. The summed E-state index contributed by atoms with van der Waals surface area (Å²) in [5.74, 6) is 0. The molecule has 0 heterocycles. The monoisotopic (exact) mass is 352 g/mol. The first kappa shape index (κ1) is 17.9. The van der Waals surface area contributed by atoms with E-state index >= 15 is 0 Å². The van der Waals surface area contributed by atoms with Gasteiger partial charge in [-0.25, -0.2) is 13.1 Å². The van der Waals surface area contributed by atoms with E-state index < -0.39 is 10.0 Å². The van der Waals surface area contributed by atoms with Gasteiger partial charge in [0.2, 0.25) is 10.0 Å². The zero-order chi connectivity index (χ0) is 17.0. The molecule has 2 rings (SSSR count). The van der Waals surface area contributed by atoms with Crippen molar-refractivity contribution in [3.8, 4) is 0 Å². The number of sulfonamides is 1. The summed E-state index contributed by atoms with van der Waals surface area (Å²) in [6.45, 7) is 2.12. The van der Waals surface area contributed by atoms with Gasteiger partial charge in [-0.3, -0.25) is 0 Å². The second-order valence-electron chi connectivity index (χ2n) is 5.65. The molecule has 4 nitrogen and oxygen atoms in total. The molecule has 23 heavy (non-hydrogen) atoms. The minimum absolute atomic E-state index is 0.0492. The topological polar surface area (TPSA) is 49.4 Å². The standard InChI is InChI=1S/C17H21ClN2O2S/c1-13-9-10-15(11-16(13)18)23(21,22)19-12-17(20(2)3)14-7-5-4-6-8-14/h4-11,17,19H,12H2,1-3H3. The van der Waals surface area contributed by atoms with Crippen LogP contribution in [0.5, 0.6) is 0 Å². The maximum Gasteiger partial charge on any atom is 0.240 e. The Hall–Kier alpha value is -1.40. The van der Waals surface area contributed by atoms with Gasteiger partial charge in [-0.05, 0) is 44.3 Å². The van der Waals surface area contributed by atoms with E-state index in [4.69, 9.17) is 11.6 Å². The molecule has 0 amide bonds. The number of hydrogen-bond donors (Lipinski definition) is 1. The van der Waals surface area contributed by atoms with E-state index in [0.717, 1.165) is 11.1 Å². The molecule has 0 radical (unpaired) electrons. The van der Waals surface area contributed by atoms with Gasteiger partial charge in [0.25, 0.3) is 0 Å². The molecule has 1 unspecified atom stereocenters. The molecule has 1 atom stereocenters. The average Bonchev–Trinajstić information content (AvgIpc) is 2.50. The van der Waals surface area contributed by atoms with E-state index in [9.17, 15) is 8.42 Å². The van der Waals surface area contributed by atoms with Crippen molar-refractivity contribution in [3.05, 3.63) is 64.7 Å². The highest BCUT2D eigenvalue weighted by Gasteiger charge is 2.20. The van der Waals surface area contributed by atoms with Crippen molar-refractivity contribution >= 4 is 21.6 Å². The Morgan fingerprint density at radius 1 is 1.13 bits per heavy atom. The first-order valence-corrected chi connectivity index (χ1v) is 9.14. The fourth-order valence-corrected chi connectivity index (χ4v) is 3.60. The summed E-state index contributed by atoms with van der Waals surface area (Å²) in [5, 5.41) is 0.445. The van der Waals surface area contributed by atoms with E-state index in [1.807, 2.05) is 56.3 Å². The molecular formula is C17H21ClN2O2S.